The fraction of sp³-hybridized carbons (Fsp3) is 0.360. The molecule has 1 N–H and O–H groups in total. The summed E-state index contributed by atoms with van der Waals surface area (Å²) in [5.41, 5.74) is 3.16. The van der Waals surface area contributed by atoms with Gasteiger partial charge in [-0.2, -0.15) is 13.2 Å². The van der Waals surface area contributed by atoms with Crippen molar-refractivity contribution in [2.24, 2.45) is 0 Å². The van der Waals surface area contributed by atoms with Crippen molar-refractivity contribution in [1.82, 2.24) is 19.4 Å². The Bertz CT molecular complexity index is 1380. The Labute approximate surface area is 194 Å². The Kier molecular flexibility index (Phi) is 5.81. The van der Waals surface area contributed by atoms with Crippen LogP contribution in [0.25, 0.3) is 21.9 Å². The number of hydrogen-bond donors (Lipinski definition) is 1. The maximum Gasteiger partial charge on any atom is 0.416 e. The highest BCUT2D eigenvalue weighted by molar-refractivity contribution is 6.04. The van der Waals surface area contributed by atoms with Gasteiger partial charge in [0.05, 0.1) is 11.9 Å². The molecular weight excluding hydrogens is 443 g/mol. The van der Waals surface area contributed by atoms with Crippen LogP contribution in [0.2, 0.25) is 0 Å². The quantitative estimate of drug-likeness (QED) is 0.470. The Morgan fingerprint density at radius 2 is 1.82 bits per heavy atom. The number of alkyl halides is 3. The van der Waals surface area contributed by atoms with E-state index >= 15 is 0 Å². The molecule has 9 heteroatoms. The first-order valence-electron chi connectivity index (χ1n) is 11.4. The minimum absolute atomic E-state index is 0.0757. The number of anilines is 1. The van der Waals surface area contributed by atoms with Gasteiger partial charge in [-0.25, -0.2) is 4.98 Å². The number of rotatable bonds is 5. The number of piperazine rings is 1. The van der Waals surface area contributed by atoms with Crippen molar-refractivity contribution in [2.75, 3.05) is 37.6 Å². The van der Waals surface area contributed by atoms with Gasteiger partial charge in [-0.3, -0.25) is 14.3 Å². The zero-order chi connectivity index (χ0) is 23.9. The highest BCUT2D eigenvalue weighted by atomic mass is 19.4. The van der Waals surface area contributed by atoms with Crippen LogP contribution in [0.5, 0.6) is 0 Å². The maximum atomic E-state index is 13.0. The Morgan fingerprint density at radius 3 is 2.59 bits per heavy atom. The summed E-state index contributed by atoms with van der Waals surface area (Å²) in [5.74, 6) is 0. The molecule has 0 atom stereocenters. The van der Waals surface area contributed by atoms with Crippen LogP contribution in [0.1, 0.15) is 17.5 Å². The molecule has 1 aliphatic rings. The Morgan fingerprint density at radius 1 is 1.03 bits per heavy atom. The summed E-state index contributed by atoms with van der Waals surface area (Å²) in [5, 5.41) is 0.956. The van der Waals surface area contributed by atoms with Crippen LogP contribution in [0, 0.1) is 6.92 Å². The van der Waals surface area contributed by atoms with Crippen LogP contribution in [0.15, 0.2) is 53.6 Å². The predicted octanol–water partition coefficient (Wildman–Crippen LogP) is 4.42. The third-order valence-corrected chi connectivity index (χ3v) is 6.51. The van der Waals surface area contributed by atoms with E-state index in [9.17, 15) is 18.0 Å². The summed E-state index contributed by atoms with van der Waals surface area (Å²) in [7, 11) is 0. The lowest BCUT2D eigenvalue weighted by molar-refractivity contribution is -0.137. The van der Waals surface area contributed by atoms with E-state index in [1.807, 2.05) is 30.0 Å². The van der Waals surface area contributed by atoms with Crippen LogP contribution in [0.4, 0.5) is 18.9 Å². The van der Waals surface area contributed by atoms with Crippen LogP contribution >= 0.6 is 0 Å². The zero-order valence-corrected chi connectivity index (χ0v) is 18.9. The van der Waals surface area contributed by atoms with Crippen LogP contribution < -0.4 is 10.5 Å². The largest absolute Gasteiger partial charge is 0.416 e. The highest BCUT2D eigenvalue weighted by Gasteiger charge is 2.31. The number of benzene rings is 2. The molecule has 0 unspecified atom stereocenters. The first-order chi connectivity index (χ1) is 16.3. The van der Waals surface area contributed by atoms with Gasteiger partial charge in [0.25, 0.3) is 5.56 Å². The van der Waals surface area contributed by atoms with Crippen LogP contribution in [-0.4, -0.2) is 52.2 Å². The van der Waals surface area contributed by atoms with E-state index in [0.29, 0.717) is 36.4 Å². The first kappa shape index (κ1) is 22.5. The molecule has 2 aromatic heterocycles. The average Bonchev–Trinajstić information content (AvgIpc) is 3.19. The fourth-order valence-corrected chi connectivity index (χ4v) is 4.64. The number of nitrogens with zero attached hydrogens (tertiary/aromatic N) is 4. The molecule has 0 aliphatic carbocycles. The van der Waals surface area contributed by atoms with Gasteiger partial charge in [-0.05, 0) is 50.2 Å². The molecule has 2 aromatic carbocycles. The van der Waals surface area contributed by atoms with Gasteiger partial charge in [0, 0.05) is 49.3 Å². The number of fused-ring (bicyclic) bond motifs is 3. The molecule has 0 radical (unpaired) electrons. The Balaban J connectivity index is 1.18. The summed E-state index contributed by atoms with van der Waals surface area (Å²) < 4.78 is 40.7. The minimum atomic E-state index is -4.33. The van der Waals surface area contributed by atoms with Crippen molar-refractivity contribution >= 4 is 27.6 Å². The van der Waals surface area contributed by atoms with Gasteiger partial charge in [0.15, 0.2) is 0 Å². The molecule has 0 spiro atoms. The van der Waals surface area contributed by atoms with Gasteiger partial charge in [0.2, 0.25) is 0 Å². The molecule has 1 fully saturated rings. The molecule has 0 amide bonds. The molecule has 0 saturated carbocycles. The van der Waals surface area contributed by atoms with Crippen molar-refractivity contribution in [3.05, 3.63) is 70.3 Å². The van der Waals surface area contributed by atoms with E-state index in [1.165, 1.54) is 12.1 Å². The van der Waals surface area contributed by atoms with Crippen molar-refractivity contribution in [3.63, 3.8) is 0 Å². The number of aromatic nitrogens is 3. The van der Waals surface area contributed by atoms with Gasteiger partial charge < -0.3 is 9.88 Å². The molecule has 0 bridgehead atoms. The van der Waals surface area contributed by atoms with E-state index in [2.05, 4.69) is 14.9 Å². The standard InChI is InChI=1S/C25H26F3N5O/c1-17-6-7-21-20(14-17)22-23(30-21)24(34)33(16-29-22)9-3-8-31-10-12-32(13-11-31)19-5-2-4-18(15-19)25(26,27)28/h2,4-7,14-16,30H,3,8-13H2,1H3. The summed E-state index contributed by atoms with van der Waals surface area (Å²) >= 11 is 0. The van der Waals surface area contributed by atoms with E-state index in [-0.39, 0.29) is 5.56 Å². The number of aromatic amines is 1. The molecule has 34 heavy (non-hydrogen) atoms. The van der Waals surface area contributed by atoms with Gasteiger partial charge in [-0.15, -0.1) is 0 Å². The summed E-state index contributed by atoms with van der Waals surface area (Å²) in [6.07, 6.45) is -1.93. The highest BCUT2D eigenvalue weighted by Crippen LogP contribution is 2.32. The Hall–Kier alpha value is -3.33. The normalized spacial score (nSPS) is 15.5. The van der Waals surface area contributed by atoms with Gasteiger partial charge in [-0.1, -0.05) is 17.7 Å². The van der Waals surface area contributed by atoms with E-state index in [0.717, 1.165) is 48.6 Å². The van der Waals surface area contributed by atoms with Crippen LogP contribution in [0.3, 0.4) is 0 Å². The van der Waals surface area contributed by atoms with Crippen LogP contribution in [-0.2, 0) is 12.7 Å². The van der Waals surface area contributed by atoms with Crippen molar-refractivity contribution in [2.45, 2.75) is 26.1 Å². The maximum absolute atomic E-state index is 13.0. The predicted molar refractivity (Wildman–Crippen MR) is 127 cm³/mol. The monoisotopic (exact) mass is 469 g/mol. The van der Waals surface area contributed by atoms with Crippen molar-refractivity contribution in [1.29, 1.82) is 0 Å². The van der Waals surface area contributed by atoms with Crippen molar-refractivity contribution in [3.8, 4) is 0 Å². The molecule has 6 nitrogen and oxygen atoms in total. The van der Waals surface area contributed by atoms with Gasteiger partial charge >= 0.3 is 6.18 Å². The van der Waals surface area contributed by atoms with Crippen molar-refractivity contribution < 1.29 is 13.2 Å². The van der Waals surface area contributed by atoms with E-state index in [1.54, 1.807) is 17.0 Å². The summed E-state index contributed by atoms with van der Waals surface area (Å²) in [6, 6.07) is 11.5. The lowest BCUT2D eigenvalue weighted by Crippen LogP contribution is -2.46. The fourth-order valence-electron chi connectivity index (χ4n) is 4.64. The minimum Gasteiger partial charge on any atom is -0.369 e. The SMILES string of the molecule is Cc1ccc2[nH]c3c(=O)n(CCCN4CCN(c5cccc(C(F)(F)F)c5)CC4)cnc3c2c1. The molecule has 4 aromatic rings. The zero-order valence-electron chi connectivity index (χ0n) is 18.9. The first-order valence-corrected chi connectivity index (χ1v) is 11.4. The molecule has 5 rings (SSSR count). The third kappa shape index (κ3) is 4.40. The number of nitrogens with one attached hydrogen (secondary N) is 1. The second kappa shape index (κ2) is 8.79. The number of halogens is 3. The van der Waals surface area contributed by atoms with E-state index < -0.39 is 11.7 Å². The average molecular weight is 470 g/mol. The summed E-state index contributed by atoms with van der Waals surface area (Å²) in [6.45, 7) is 6.26. The van der Waals surface area contributed by atoms with E-state index in [4.69, 9.17) is 0 Å². The molecule has 1 saturated heterocycles. The number of hydrogen-bond acceptors (Lipinski definition) is 4. The number of H-pyrrole nitrogens is 1. The van der Waals surface area contributed by atoms with Gasteiger partial charge in [0.1, 0.15) is 11.0 Å². The summed E-state index contributed by atoms with van der Waals surface area (Å²) in [4.78, 5) is 25.0. The number of aryl methyl sites for hydroxylation is 2. The second-order valence-electron chi connectivity index (χ2n) is 8.87. The molecule has 3 heterocycles. The second-order valence-corrected chi connectivity index (χ2v) is 8.87. The topological polar surface area (TPSA) is 57.2 Å². The third-order valence-electron chi connectivity index (χ3n) is 6.51. The lowest BCUT2D eigenvalue weighted by atomic mass is 10.1. The lowest BCUT2D eigenvalue weighted by Gasteiger charge is -2.36. The molecule has 178 valence electrons. The molecular formula is C25H26F3N5O. The molecule has 1 aliphatic heterocycles. The smallest absolute Gasteiger partial charge is 0.369 e.